The number of nitrogens with zero attached hydrogens (tertiary/aromatic N) is 1. The predicted octanol–water partition coefficient (Wildman–Crippen LogP) is 1.94. The number of carbonyl (C=O) groups excluding carboxylic acids is 1. The molecule has 1 heterocycles. The Balaban J connectivity index is 2.46. The smallest absolute Gasteiger partial charge is 0.171 e. The van der Waals surface area contributed by atoms with Crippen LogP contribution >= 0.6 is 12.2 Å². The van der Waals surface area contributed by atoms with Gasteiger partial charge in [-0.05, 0) is 43.8 Å². The van der Waals surface area contributed by atoms with Gasteiger partial charge in [0.05, 0.1) is 17.7 Å². The number of rotatable bonds is 2. The van der Waals surface area contributed by atoms with E-state index in [-0.39, 0.29) is 11.8 Å². The van der Waals surface area contributed by atoms with Crippen LogP contribution in [0.4, 0.5) is 0 Å². The van der Waals surface area contributed by atoms with E-state index in [1.165, 1.54) is 6.92 Å². The maximum atomic E-state index is 11.8. The number of thiocarbonyl (C=S) groups is 1. The highest BCUT2D eigenvalue weighted by Gasteiger charge is 2.27. The molecule has 1 aromatic rings. The van der Waals surface area contributed by atoms with Gasteiger partial charge in [0.15, 0.2) is 10.9 Å². The summed E-state index contributed by atoms with van der Waals surface area (Å²) >= 11 is 5.13. The molecular weight excluding hydrogens is 258 g/mol. The van der Waals surface area contributed by atoms with Crippen LogP contribution in [-0.2, 0) is 4.79 Å². The highest BCUT2D eigenvalue weighted by Crippen LogP contribution is 2.27. The van der Waals surface area contributed by atoms with Gasteiger partial charge in [-0.2, -0.15) is 5.26 Å². The first-order chi connectivity index (χ1) is 9.02. The second-order valence-electron chi connectivity index (χ2n) is 4.36. The number of hydrogen-bond donors (Lipinski definition) is 2. The highest BCUT2D eigenvalue weighted by atomic mass is 32.1. The van der Waals surface area contributed by atoms with Crippen LogP contribution in [0.25, 0.3) is 0 Å². The van der Waals surface area contributed by atoms with Crippen LogP contribution in [0.5, 0.6) is 0 Å². The molecule has 0 aliphatic carbocycles. The lowest BCUT2D eigenvalue weighted by Crippen LogP contribution is -2.44. The minimum atomic E-state index is -0.265. The fraction of sp³-hybridized carbons (Fsp3) is 0.214. The summed E-state index contributed by atoms with van der Waals surface area (Å²) in [6, 6.07) is 8.94. The van der Waals surface area contributed by atoms with E-state index in [9.17, 15) is 4.79 Å². The van der Waals surface area contributed by atoms with E-state index in [1.54, 1.807) is 12.1 Å². The van der Waals surface area contributed by atoms with E-state index in [2.05, 4.69) is 16.7 Å². The normalized spacial score (nSPS) is 18.4. The molecule has 2 N–H and O–H groups in total. The fourth-order valence-corrected chi connectivity index (χ4v) is 2.43. The third kappa shape index (κ3) is 2.64. The van der Waals surface area contributed by atoms with Gasteiger partial charge in [0, 0.05) is 11.3 Å². The Hall–Kier alpha value is -2.19. The average molecular weight is 271 g/mol. The molecule has 4 nitrogen and oxygen atoms in total. The second-order valence-corrected chi connectivity index (χ2v) is 4.77. The molecular formula is C14H13N3OS. The van der Waals surface area contributed by atoms with Gasteiger partial charge in [0.1, 0.15) is 0 Å². The Labute approximate surface area is 117 Å². The highest BCUT2D eigenvalue weighted by molar-refractivity contribution is 7.80. The molecule has 1 unspecified atom stereocenters. The first-order valence-corrected chi connectivity index (χ1v) is 6.23. The van der Waals surface area contributed by atoms with E-state index in [4.69, 9.17) is 17.5 Å². The van der Waals surface area contributed by atoms with E-state index < -0.39 is 0 Å². The Bertz CT molecular complexity index is 611. The first-order valence-electron chi connectivity index (χ1n) is 5.82. The van der Waals surface area contributed by atoms with Gasteiger partial charge in [-0.3, -0.25) is 4.79 Å². The summed E-state index contributed by atoms with van der Waals surface area (Å²) in [5, 5.41) is 15.4. The van der Waals surface area contributed by atoms with Crippen LogP contribution in [0.2, 0.25) is 0 Å². The molecule has 0 aromatic heterocycles. The molecule has 1 aliphatic rings. The molecule has 0 radical (unpaired) electrons. The molecule has 0 bridgehead atoms. The van der Waals surface area contributed by atoms with Crippen molar-refractivity contribution in [2.75, 3.05) is 0 Å². The Morgan fingerprint density at radius 1 is 1.37 bits per heavy atom. The summed E-state index contributed by atoms with van der Waals surface area (Å²) in [6.07, 6.45) is 0. The molecule has 1 aliphatic heterocycles. The lowest BCUT2D eigenvalue weighted by molar-refractivity contribution is -0.114. The summed E-state index contributed by atoms with van der Waals surface area (Å²) in [5.74, 6) is -0.00522. The van der Waals surface area contributed by atoms with Crippen LogP contribution < -0.4 is 10.6 Å². The number of hydrogen-bond acceptors (Lipinski definition) is 3. The van der Waals surface area contributed by atoms with Crippen molar-refractivity contribution >= 4 is 23.1 Å². The molecule has 0 fully saturated rings. The van der Waals surface area contributed by atoms with E-state index in [1.807, 2.05) is 19.1 Å². The predicted molar refractivity (Wildman–Crippen MR) is 76.1 cm³/mol. The van der Waals surface area contributed by atoms with Gasteiger partial charge >= 0.3 is 0 Å². The second kappa shape index (κ2) is 5.21. The van der Waals surface area contributed by atoms with E-state index in [0.29, 0.717) is 16.2 Å². The number of ketones is 1. The van der Waals surface area contributed by atoms with Crippen molar-refractivity contribution in [1.82, 2.24) is 10.6 Å². The zero-order valence-electron chi connectivity index (χ0n) is 10.7. The molecule has 96 valence electrons. The summed E-state index contributed by atoms with van der Waals surface area (Å²) in [7, 11) is 0. The standard InChI is InChI=1S/C14H13N3OS/c1-8-12(9(2)18)13(17-14(19)16-8)11-5-3-10(7-15)4-6-11/h3-6,13H,1-2H3,(H2,16,17,19). The fourth-order valence-electron chi connectivity index (χ4n) is 2.16. The van der Waals surface area contributed by atoms with Crippen LogP contribution in [-0.4, -0.2) is 10.9 Å². The van der Waals surface area contributed by atoms with Crippen molar-refractivity contribution in [3.8, 4) is 6.07 Å². The number of Topliss-reactive ketones (excluding diaryl/α,β-unsaturated/α-hetero) is 1. The zero-order valence-corrected chi connectivity index (χ0v) is 11.5. The molecule has 19 heavy (non-hydrogen) atoms. The number of benzene rings is 1. The van der Waals surface area contributed by atoms with Crippen LogP contribution in [0.3, 0.4) is 0 Å². The van der Waals surface area contributed by atoms with Crippen molar-refractivity contribution < 1.29 is 4.79 Å². The Morgan fingerprint density at radius 2 is 2.00 bits per heavy atom. The summed E-state index contributed by atoms with van der Waals surface area (Å²) in [5.41, 5.74) is 2.93. The lowest BCUT2D eigenvalue weighted by atomic mass is 9.93. The maximum Gasteiger partial charge on any atom is 0.171 e. The summed E-state index contributed by atoms with van der Waals surface area (Å²) in [6.45, 7) is 3.37. The minimum Gasteiger partial charge on any atom is -0.351 e. The van der Waals surface area contributed by atoms with E-state index in [0.717, 1.165) is 11.3 Å². The van der Waals surface area contributed by atoms with Crippen LogP contribution in [0.1, 0.15) is 31.0 Å². The SMILES string of the molecule is CC(=O)C1=C(C)NC(=S)NC1c1ccc(C#N)cc1. The number of nitrogens with one attached hydrogen (secondary N) is 2. The van der Waals surface area contributed by atoms with Crippen LogP contribution in [0, 0.1) is 11.3 Å². The largest absolute Gasteiger partial charge is 0.351 e. The summed E-state index contributed by atoms with van der Waals surface area (Å²) < 4.78 is 0. The molecule has 0 amide bonds. The first kappa shape index (κ1) is 13.2. The third-order valence-electron chi connectivity index (χ3n) is 3.02. The van der Waals surface area contributed by atoms with Gasteiger partial charge in [-0.1, -0.05) is 12.1 Å². The van der Waals surface area contributed by atoms with Crippen LogP contribution in [0.15, 0.2) is 35.5 Å². The molecule has 5 heteroatoms. The molecule has 1 atom stereocenters. The topological polar surface area (TPSA) is 64.9 Å². The van der Waals surface area contributed by atoms with Crippen molar-refractivity contribution in [2.24, 2.45) is 0 Å². The molecule has 0 spiro atoms. The minimum absolute atomic E-state index is 0.00522. The van der Waals surface area contributed by atoms with Gasteiger partial charge in [-0.25, -0.2) is 0 Å². The summed E-state index contributed by atoms with van der Waals surface area (Å²) in [4.78, 5) is 11.8. The monoisotopic (exact) mass is 271 g/mol. The molecule has 2 rings (SSSR count). The molecule has 1 aromatic carbocycles. The quantitative estimate of drug-likeness (QED) is 0.805. The lowest BCUT2D eigenvalue weighted by Gasteiger charge is -2.29. The van der Waals surface area contributed by atoms with Gasteiger partial charge in [-0.15, -0.1) is 0 Å². The maximum absolute atomic E-state index is 11.8. The zero-order chi connectivity index (χ0) is 14.0. The van der Waals surface area contributed by atoms with Gasteiger partial charge in [0.2, 0.25) is 0 Å². The Morgan fingerprint density at radius 3 is 2.53 bits per heavy atom. The molecule has 0 saturated heterocycles. The average Bonchev–Trinajstić information content (AvgIpc) is 2.37. The third-order valence-corrected chi connectivity index (χ3v) is 3.24. The van der Waals surface area contributed by atoms with Crippen molar-refractivity contribution in [3.63, 3.8) is 0 Å². The van der Waals surface area contributed by atoms with Crippen molar-refractivity contribution in [3.05, 3.63) is 46.7 Å². The number of carbonyl (C=O) groups is 1. The number of nitriles is 1. The van der Waals surface area contributed by atoms with Gasteiger partial charge < -0.3 is 10.6 Å². The molecule has 0 saturated carbocycles. The van der Waals surface area contributed by atoms with Gasteiger partial charge in [0.25, 0.3) is 0 Å². The number of allylic oxidation sites excluding steroid dienone is 1. The van der Waals surface area contributed by atoms with Crippen molar-refractivity contribution in [2.45, 2.75) is 19.9 Å². The van der Waals surface area contributed by atoms with Crippen molar-refractivity contribution in [1.29, 1.82) is 5.26 Å². The van der Waals surface area contributed by atoms with E-state index >= 15 is 0 Å². The Kier molecular flexibility index (Phi) is 3.63.